The summed E-state index contributed by atoms with van der Waals surface area (Å²) in [5.41, 5.74) is 2.13. The van der Waals surface area contributed by atoms with Gasteiger partial charge in [-0.2, -0.15) is 0 Å². The van der Waals surface area contributed by atoms with Crippen molar-refractivity contribution in [3.05, 3.63) is 23.2 Å². The average Bonchev–Trinajstić information content (AvgIpc) is 2.47. The molecule has 66 valence electrons. The Hall–Kier alpha value is 0.01000. The zero-order valence-corrected chi connectivity index (χ0v) is 9.23. The van der Waals surface area contributed by atoms with E-state index in [1.807, 2.05) is 12.3 Å². The second-order valence-corrected chi connectivity index (χ2v) is 4.77. The molecule has 4 heteroatoms. The number of alkyl halides is 1. The molecule has 0 fully saturated rings. The van der Waals surface area contributed by atoms with Crippen LogP contribution in [0.1, 0.15) is 5.69 Å². The van der Waals surface area contributed by atoms with Crippen molar-refractivity contribution in [1.82, 2.24) is 4.98 Å². The van der Waals surface area contributed by atoms with Gasteiger partial charge in [-0.1, -0.05) is 23.9 Å². The van der Waals surface area contributed by atoms with Gasteiger partial charge in [0.2, 0.25) is 0 Å². The van der Waals surface area contributed by atoms with Gasteiger partial charge in [-0.15, -0.1) is 22.9 Å². The van der Waals surface area contributed by atoms with Crippen LogP contribution >= 0.6 is 34.7 Å². The van der Waals surface area contributed by atoms with Crippen molar-refractivity contribution in [2.75, 3.05) is 11.6 Å². The Balaban J connectivity index is 2.38. The van der Waals surface area contributed by atoms with E-state index < -0.39 is 0 Å². The van der Waals surface area contributed by atoms with Crippen molar-refractivity contribution in [1.29, 1.82) is 0 Å². The largest absolute Gasteiger partial charge is 0.235 e. The molecular weight excluding hydrogens is 210 g/mol. The lowest BCUT2D eigenvalue weighted by atomic mass is 10.4. The molecule has 12 heavy (non-hydrogen) atoms. The number of hydrogen-bond donors (Lipinski definition) is 0. The predicted molar refractivity (Wildman–Crippen MR) is 57.4 cm³/mol. The summed E-state index contributed by atoms with van der Waals surface area (Å²) in [6, 6.07) is 0. The number of hydrogen-bond acceptors (Lipinski definition) is 3. The van der Waals surface area contributed by atoms with Crippen LogP contribution < -0.4 is 0 Å². The van der Waals surface area contributed by atoms with E-state index >= 15 is 0 Å². The Morgan fingerprint density at radius 2 is 2.58 bits per heavy atom. The zero-order valence-electron chi connectivity index (χ0n) is 6.84. The van der Waals surface area contributed by atoms with Gasteiger partial charge in [-0.05, 0) is 6.92 Å². The highest BCUT2D eigenvalue weighted by molar-refractivity contribution is 8.01. The van der Waals surface area contributed by atoms with Crippen molar-refractivity contribution in [2.24, 2.45) is 0 Å². The number of aromatic nitrogens is 1. The molecule has 1 rings (SSSR count). The van der Waals surface area contributed by atoms with Gasteiger partial charge in [0.15, 0.2) is 0 Å². The highest BCUT2D eigenvalue weighted by Gasteiger charge is 1.99. The molecule has 0 spiro atoms. The number of halogens is 1. The molecule has 0 saturated heterocycles. The third-order valence-electron chi connectivity index (χ3n) is 1.19. The van der Waals surface area contributed by atoms with Gasteiger partial charge in [-0.3, -0.25) is 0 Å². The van der Waals surface area contributed by atoms with Crippen LogP contribution in [0.2, 0.25) is 0 Å². The molecule has 0 saturated carbocycles. The first-order valence-electron chi connectivity index (χ1n) is 3.50. The topological polar surface area (TPSA) is 12.9 Å². The minimum atomic E-state index is 0.539. The van der Waals surface area contributed by atoms with Crippen LogP contribution in [0.3, 0.4) is 0 Å². The first kappa shape index (κ1) is 10.1. The third-order valence-corrected chi connectivity index (χ3v) is 3.85. The molecule has 1 heterocycles. The summed E-state index contributed by atoms with van der Waals surface area (Å²) < 4.78 is 1.10. The molecule has 0 amide bonds. The number of aryl methyl sites for hydroxylation is 1. The molecule has 1 aromatic heterocycles. The van der Waals surface area contributed by atoms with Crippen LogP contribution in [0.5, 0.6) is 0 Å². The molecule has 0 aromatic carbocycles. The zero-order chi connectivity index (χ0) is 8.97. The van der Waals surface area contributed by atoms with E-state index in [1.165, 1.54) is 0 Å². The van der Waals surface area contributed by atoms with Gasteiger partial charge in [0.25, 0.3) is 0 Å². The maximum atomic E-state index is 5.59. The van der Waals surface area contributed by atoms with Crippen molar-refractivity contribution in [3.8, 4) is 0 Å². The molecule has 0 aliphatic rings. The molecule has 1 aromatic rings. The van der Waals surface area contributed by atoms with E-state index in [9.17, 15) is 0 Å². The number of nitrogens with zero attached hydrogens (tertiary/aromatic N) is 1. The lowest BCUT2D eigenvalue weighted by Gasteiger charge is -1.96. The molecule has 1 nitrogen and oxygen atoms in total. The standard InChI is InChI=1S/C8H10ClNS2/c1-6(3-9)4-11-8-10-7(2)5-12-8/h5H,1,3-4H2,2H3. The predicted octanol–water partition coefficient (Wildman–Crippen LogP) is 3.34. The van der Waals surface area contributed by atoms with E-state index in [2.05, 4.69) is 11.6 Å². The monoisotopic (exact) mass is 219 g/mol. The quantitative estimate of drug-likeness (QED) is 0.438. The summed E-state index contributed by atoms with van der Waals surface area (Å²) in [7, 11) is 0. The van der Waals surface area contributed by atoms with Crippen molar-refractivity contribution in [3.63, 3.8) is 0 Å². The Labute approximate surface area is 85.9 Å². The van der Waals surface area contributed by atoms with Gasteiger partial charge >= 0.3 is 0 Å². The first-order chi connectivity index (χ1) is 5.72. The Kier molecular flexibility index (Phi) is 4.12. The second kappa shape index (κ2) is 4.90. The van der Waals surface area contributed by atoms with Gasteiger partial charge in [0.1, 0.15) is 4.34 Å². The fraction of sp³-hybridized carbons (Fsp3) is 0.375. The summed E-state index contributed by atoms with van der Waals surface area (Å²) in [5, 5.41) is 2.05. The number of rotatable bonds is 4. The number of thioether (sulfide) groups is 1. The smallest absolute Gasteiger partial charge is 0.150 e. The average molecular weight is 220 g/mol. The normalized spacial score (nSPS) is 10.2. The van der Waals surface area contributed by atoms with Crippen molar-refractivity contribution >= 4 is 34.7 Å². The van der Waals surface area contributed by atoms with Crippen LogP contribution in [0.4, 0.5) is 0 Å². The highest BCUT2D eigenvalue weighted by Crippen LogP contribution is 2.23. The summed E-state index contributed by atoms with van der Waals surface area (Å²) in [6.45, 7) is 5.82. The highest BCUT2D eigenvalue weighted by atomic mass is 35.5. The molecule has 0 unspecified atom stereocenters. The van der Waals surface area contributed by atoms with E-state index in [-0.39, 0.29) is 0 Å². The molecular formula is C8H10ClNS2. The van der Waals surface area contributed by atoms with Gasteiger partial charge in [-0.25, -0.2) is 4.98 Å². The maximum absolute atomic E-state index is 5.59. The second-order valence-electron chi connectivity index (χ2n) is 2.43. The lowest BCUT2D eigenvalue weighted by molar-refractivity contribution is 1.16. The Morgan fingerprint density at radius 3 is 3.08 bits per heavy atom. The van der Waals surface area contributed by atoms with E-state index in [4.69, 9.17) is 11.6 Å². The Morgan fingerprint density at radius 1 is 1.83 bits per heavy atom. The molecule has 0 N–H and O–H groups in total. The SMILES string of the molecule is C=C(CCl)CSc1nc(C)cs1. The van der Waals surface area contributed by atoms with Gasteiger partial charge in [0.05, 0.1) is 0 Å². The summed E-state index contributed by atoms with van der Waals surface area (Å²) in [4.78, 5) is 4.31. The molecule has 0 aliphatic carbocycles. The fourth-order valence-electron chi connectivity index (χ4n) is 0.601. The van der Waals surface area contributed by atoms with Crippen LogP contribution in [0, 0.1) is 6.92 Å². The summed E-state index contributed by atoms with van der Waals surface area (Å²) >= 11 is 8.96. The lowest BCUT2D eigenvalue weighted by Crippen LogP contribution is -1.85. The van der Waals surface area contributed by atoms with Crippen LogP contribution in [0.15, 0.2) is 21.9 Å². The maximum Gasteiger partial charge on any atom is 0.150 e. The van der Waals surface area contributed by atoms with Crippen LogP contribution in [0.25, 0.3) is 0 Å². The van der Waals surface area contributed by atoms with Crippen LogP contribution in [-0.2, 0) is 0 Å². The van der Waals surface area contributed by atoms with E-state index in [0.717, 1.165) is 21.4 Å². The van der Waals surface area contributed by atoms with Crippen LogP contribution in [-0.4, -0.2) is 16.6 Å². The Bertz CT molecular complexity index is 270. The van der Waals surface area contributed by atoms with Gasteiger partial charge < -0.3 is 0 Å². The number of thiazole rings is 1. The minimum Gasteiger partial charge on any atom is -0.235 e. The van der Waals surface area contributed by atoms with Gasteiger partial charge in [0, 0.05) is 22.7 Å². The molecule has 0 radical (unpaired) electrons. The molecule has 0 aliphatic heterocycles. The molecule has 0 atom stereocenters. The molecule has 0 bridgehead atoms. The van der Waals surface area contributed by atoms with E-state index in [1.54, 1.807) is 23.1 Å². The summed E-state index contributed by atoms with van der Waals surface area (Å²) in [6.07, 6.45) is 0. The fourth-order valence-corrected chi connectivity index (χ4v) is 2.56. The minimum absolute atomic E-state index is 0.539. The first-order valence-corrected chi connectivity index (χ1v) is 5.90. The van der Waals surface area contributed by atoms with E-state index in [0.29, 0.717) is 5.88 Å². The summed E-state index contributed by atoms with van der Waals surface area (Å²) in [5.74, 6) is 1.41. The van der Waals surface area contributed by atoms with Crippen molar-refractivity contribution in [2.45, 2.75) is 11.3 Å². The van der Waals surface area contributed by atoms with Crippen molar-refractivity contribution < 1.29 is 0 Å². The third kappa shape index (κ3) is 3.17.